The molecule has 0 bridgehead atoms. The molecule has 3 saturated carbocycles. The molecule has 0 spiro atoms. The molecule has 6 atom stereocenters. The first-order valence-electron chi connectivity index (χ1n) is 9.08. The first kappa shape index (κ1) is 14.7. The van der Waals surface area contributed by atoms with Gasteiger partial charge in [0, 0.05) is 6.42 Å². The molecule has 0 aromatic rings. The standard InChI is InChI=1S/C20H28O2/c1-3-13-5-7-17-16-6-4-14-12-15(21)8-11-20(14,22)18(16)9-10-19(13,17)2/h3,12-13,16-18,22H,1,4-11H2,2H3. The fraction of sp³-hybridized carbons (Fsp3) is 0.750. The Morgan fingerprint density at radius 1 is 1.18 bits per heavy atom. The monoisotopic (exact) mass is 300 g/mol. The van der Waals surface area contributed by atoms with Gasteiger partial charge in [0.15, 0.2) is 5.78 Å². The quantitative estimate of drug-likeness (QED) is 0.742. The fourth-order valence-corrected chi connectivity index (χ4v) is 6.61. The first-order valence-corrected chi connectivity index (χ1v) is 9.08. The van der Waals surface area contributed by atoms with Crippen molar-refractivity contribution in [3.63, 3.8) is 0 Å². The van der Waals surface area contributed by atoms with E-state index in [0.717, 1.165) is 30.8 Å². The van der Waals surface area contributed by atoms with Gasteiger partial charge in [0.1, 0.15) is 0 Å². The largest absolute Gasteiger partial charge is 0.385 e. The van der Waals surface area contributed by atoms with E-state index in [2.05, 4.69) is 19.6 Å². The molecule has 4 aliphatic rings. The molecule has 0 radical (unpaired) electrons. The van der Waals surface area contributed by atoms with Crippen molar-refractivity contribution < 1.29 is 9.90 Å². The van der Waals surface area contributed by atoms with Gasteiger partial charge in [0.25, 0.3) is 0 Å². The summed E-state index contributed by atoms with van der Waals surface area (Å²) in [5.41, 5.74) is 0.766. The Bertz CT molecular complexity index is 548. The van der Waals surface area contributed by atoms with E-state index in [1.165, 1.54) is 19.3 Å². The minimum absolute atomic E-state index is 0.214. The van der Waals surface area contributed by atoms with E-state index in [0.29, 0.717) is 36.0 Å². The predicted molar refractivity (Wildman–Crippen MR) is 87.2 cm³/mol. The van der Waals surface area contributed by atoms with Crippen molar-refractivity contribution in [1.29, 1.82) is 0 Å². The van der Waals surface area contributed by atoms with Crippen molar-refractivity contribution in [2.24, 2.45) is 29.1 Å². The highest BCUT2D eigenvalue weighted by Gasteiger charge is 2.59. The number of aliphatic hydroxyl groups is 1. The SMILES string of the molecule is C=CC1CCC2C3CCC4=CC(=O)CCC4(O)C3CCC12C. The number of rotatable bonds is 1. The highest BCUT2D eigenvalue weighted by Crippen LogP contribution is 2.64. The van der Waals surface area contributed by atoms with Crippen LogP contribution in [0.5, 0.6) is 0 Å². The second kappa shape index (κ2) is 4.80. The highest BCUT2D eigenvalue weighted by atomic mass is 16.3. The van der Waals surface area contributed by atoms with E-state index in [-0.39, 0.29) is 5.78 Å². The Morgan fingerprint density at radius 3 is 2.77 bits per heavy atom. The smallest absolute Gasteiger partial charge is 0.155 e. The van der Waals surface area contributed by atoms with E-state index in [1.807, 2.05) is 0 Å². The van der Waals surface area contributed by atoms with Crippen molar-refractivity contribution in [2.75, 3.05) is 0 Å². The second-order valence-electron chi connectivity index (χ2n) is 8.44. The summed E-state index contributed by atoms with van der Waals surface area (Å²) in [6.45, 7) is 6.54. The summed E-state index contributed by atoms with van der Waals surface area (Å²) in [6, 6.07) is 0. The van der Waals surface area contributed by atoms with Gasteiger partial charge in [-0.05, 0) is 85.7 Å². The zero-order valence-electron chi connectivity index (χ0n) is 13.7. The third-order valence-electron chi connectivity index (χ3n) is 7.80. The highest BCUT2D eigenvalue weighted by molar-refractivity contribution is 5.92. The molecule has 1 N–H and O–H groups in total. The average molecular weight is 300 g/mol. The molecule has 3 fully saturated rings. The van der Waals surface area contributed by atoms with Crippen LogP contribution in [0.25, 0.3) is 0 Å². The van der Waals surface area contributed by atoms with Crippen molar-refractivity contribution in [1.82, 2.24) is 0 Å². The van der Waals surface area contributed by atoms with Crippen molar-refractivity contribution in [3.8, 4) is 0 Å². The van der Waals surface area contributed by atoms with Crippen LogP contribution >= 0.6 is 0 Å². The van der Waals surface area contributed by atoms with E-state index in [9.17, 15) is 9.90 Å². The average Bonchev–Trinajstić information content (AvgIpc) is 2.84. The molecule has 4 aliphatic carbocycles. The van der Waals surface area contributed by atoms with Gasteiger partial charge in [-0.1, -0.05) is 13.0 Å². The van der Waals surface area contributed by atoms with Gasteiger partial charge in [-0.2, -0.15) is 0 Å². The molecule has 0 aromatic heterocycles. The zero-order valence-corrected chi connectivity index (χ0v) is 13.7. The lowest BCUT2D eigenvalue weighted by molar-refractivity contribution is -0.125. The Morgan fingerprint density at radius 2 is 2.00 bits per heavy atom. The van der Waals surface area contributed by atoms with E-state index in [1.54, 1.807) is 6.08 Å². The van der Waals surface area contributed by atoms with Crippen LogP contribution in [0.3, 0.4) is 0 Å². The van der Waals surface area contributed by atoms with Crippen LogP contribution < -0.4 is 0 Å². The molecule has 2 heteroatoms. The summed E-state index contributed by atoms with van der Waals surface area (Å²) in [7, 11) is 0. The lowest BCUT2D eigenvalue weighted by atomic mass is 9.50. The number of allylic oxidation sites excluding steroid dienone is 1. The summed E-state index contributed by atoms with van der Waals surface area (Å²) < 4.78 is 0. The maximum absolute atomic E-state index is 11.7. The summed E-state index contributed by atoms with van der Waals surface area (Å²) in [6.07, 6.45) is 12.1. The van der Waals surface area contributed by atoms with Crippen molar-refractivity contribution >= 4 is 5.78 Å². The van der Waals surface area contributed by atoms with Crippen molar-refractivity contribution in [3.05, 3.63) is 24.3 Å². The number of hydrogen-bond acceptors (Lipinski definition) is 2. The van der Waals surface area contributed by atoms with E-state index < -0.39 is 5.60 Å². The first-order chi connectivity index (χ1) is 10.5. The van der Waals surface area contributed by atoms with Crippen LogP contribution in [-0.2, 0) is 4.79 Å². The minimum Gasteiger partial charge on any atom is -0.385 e. The lowest BCUT2D eigenvalue weighted by Crippen LogP contribution is -2.55. The van der Waals surface area contributed by atoms with Gasteiger partial charge in [0.2, 0.25) is 0 Å². The van der Waals surface area contributed by atoms with E-state index >= 15 is 0 Å². The van der Waals surface area contributed by atoms with Gasteiger partial charge in [-0.15, -0.1) is 6.58 Å². The maximum Gasteiger partial charge on any atom is 0.155 e. The van der Waals surface area contributed by atoms with Crippen LogP contribution in [0, 0.1) is 29.1 Å². The number of carbonyl (C=O) groups is 1. The third kappa shape index (κ3) is 1.79. The Kier molecular flexibility index (Phi) is 3.21. The molecular formula is C20H28O2. The molecule has 2 nitrogen and oxygen atoms in total. The summed E-state index contributed by atoms with van der Waals surface area (Å²) in [5, 5.41) is 11.4. The molecule has 0 aromatic carbocycles. The van der Waals surface area contributed by atoms with Crippen molar-refractivity contribution in [2.45, 2.75) is 63.9 Å². The number of fused-ring (bicyclic) bond motifs is 5. The van der Waals surface area contributed by atoms with Crippen LogP contribution in [0.1, 0.15) is 58.3 Å². The predicted octanol–water partition coefficient (Wildman–Crippen LogP) is 4.05. The zero-order chi connectivity index (χ0) is 15.5. The van der Waals surface area contributed by atoms with Crippen LogP contribution in [0.4, 0.5) is 0 Å². The molecule has 0 heterocycles. The second-order valence-corrected chi connectivity index (χ2v) is 8.44. The van der Waals surface area contributed by atoms with Gasteiger partial charge >= 0.3 is 0 Å². The third-order valence-corrected chi connectivity index (χ3v) is 7.80. The van der Waals surface area contributed by atoms with Crippen LogP contribution in [0.2, 0.25) is 0 Å². The molecular weight excluding hydrogens is 272 g/mol. The summed E-state index contributed by atoms with van der Waals surface area (Å²) in [5.74, 6) is 2.61. The fourth-order valence-electron chi connectivity index (χ4n) is 6.61. The summed E-state index contributed by atoms with van der Waals surface area (Å²) >= 11 is 0. The topological polar surface area (TPSA) is 37.3 Å². The molecule has 0 saturated heterocycles. The van der Waals surface area contributed by atoms with Crippen LogP contribution in [0.15, 0.2) is 24.3 Å². The number of carbonyl (C=O) groups excluding carboxylic acids is 1. The minimum atomic E-state index is -0.676. The molecule has 0 amide bonds. The normalized spacial score (nSPS) is 50.6. The Balaban J connectivity index is 1.68. The van der Waals surface area contributed by atoms with Gasteiger partial charge in [-0.25, -0.2) is 0 Å². The Hall–Kier alpha value is -0.890. The lowest BCUT2D eigenvalue weighted by Gasteiger charge is -2.56. The van der Waals surface area contributed by atoms with Gasteiger partial charge in [0.05, 0.1) is 5.60 Å². The van der Waals surface area contributed by atoms with Gasteiger partial charge in [-0.3, -0.25) is 4.79 Å². The molecule has 6 unspecified atom stereocenters. The number of ketones is 1. The molecule has 4 rings (SSSR count). The molecule has 22 heavy (non-hydrogen) atoms. The molecule has 120 valence electrons. The Labute approximate surface area is 133 Å². The van der Waals surface area contributed by atoms with Crippen LogP contribution in [-0.4, -0.2) is 16.5 Å². The summed E-state index contributed by atoms with van der Waals surface area (Å²) in [4.78, 5) is 11.7. The number of hydrogen-bond donors (Lipinski definition) is 1. The maximum atomic E-state index is 11.7. The van der Waals surface area contributed by atoms with Gasteiger partial charge < -0.3 is 5.11 Å². The molecule has 0 aliphatic heterocycles. The van der Waals surface area contributed by atoms with E-state index in [4.69, 9.17) is 0 Å².